The molecule has 0 heterocycles. The van der Waals surface area contributed by atoms with Gasteiger partial charge >= 0.3 is 0 Å². The number of methoxy groups -OCH3 is 1. The maximum atomic E-state index is 10.3. The zero-order chi connectivity index (χ0) is 17.4. The summed E-state index contributed by atoms with van der Waals surface area (Å²) < 4.78 is 11.2. The molecule has 24 heavy (non-hydrogen) atoms. The number of allylic oxidation sites excluding steroid dienone is 1. The van der Waals surface area contributed by atoms with E-state index < -0.39 is 6.10 Å². The topological polar surface area (TPSA) is 43.1 Å². The van der Waals surface area contributed by atoms with Gasteiger partial charge in [-0.15, -0.1) is 0 Å². The summed E-state index contributed by atoms with van der Waals surface area (Å²) in [7, 11) is 3.82. The molecule has 2 N–H and O–H groups in total. The third-order valence-electron chi connectivity index (χ3n) is 4.84. The normalized spacial score (nSPS) is 18.5. The minimum absolute atomic E-state index is 0.295. The Labute approximate surface area is 146 Å². The van der Waals surface area contributed by atoms with Crippen molar-refractivity contribution in [1.82, 2.24) is 0 Å². The number of likely N-dealkylation sites (N-methyl/N-ethyl adjacent to an activating group) is 1. The third-order valence-corrected chi connectivity index (χ3v) is 4.84. The number of aliphatic hydroxyl groups excluding tert-OH is 1. The van der Waals surface area contributed by atoms with Gasteiger partial charge in [-0.1, -0.05) is 24.6 Å². The minimum Gasteiger partial charge on any atom is -0.493 e. The maximum Gasteiger partial charge on any atom is 0.161 e. The van der Waals surface area contributed by atoms with Crippen LogP contribution >= 0.6 is 0 Å². The Balaban J connectivity index is 1.85. The fourth-order valence-electron chi connectivity index (χ4n) is 3.48. The fraction of sp³-hybridized carbons (Fsp3) is 0.600. The van der Waals surface area contributed by atoms with Crippen molar-refractivity contribution in [3.05, 3.63) is 29.8 Å². The molecule has 4 heteroatoms. The summed E-state index contributed by atoms with van der Waals surface area (Å²) in [5.74, 6) is 1.38. The molecule has 1 aromatic carbocycles. The molecule has 1 unspecified atom stereocenters. The summed E-state index contributed by atoms with van der Waals surface area (Å²) in [4.78, 5) is 1.42. The quantitative estimate of drug-likeness (QED) is 0.767. The monoisotopic (exact) mass is 334 g/mol. The minimum atomic E-state index is -0.466. The molecule has 4 nitrogen and oxygen atoms in total. The zero-order valence-electron chi connectivity index (χ0n) is 15.3. The zero-order valence-corrected chi connectivity index (χ0v) is 15.3. The van der Waals surface area contributed by atoms with Crippen molar-refractivity contribution in [3.8, 4) is 11.5 Å². The molecule has 0 amide bonds. The van der Waals surface area contributed by atoms with E-state index in [1.807, 2.05) is 37.3 Å². The van der Waals surface area contributed by atoms with E-state index in [2.05, 4.69) is 7.05 Å². The second kappa shape index (κ2) is 9.70. The smallest absolute Gasteiger partial charge is 0.161 e. The summed E-state index contributed by atoms with van der Waals surface area (Å²) in [5.41, 5.74) is 1.07. The predicted molar refractivity (Wildman–Crippen MR) is 97.8 cm³/mol. The Morgan fingerprint density at radius 1 is 1.25 bits per heavy atom. The van der Waals surface area contributed by atoms with E-state index in [1.165, 1.54) is 37.0 Å². The van der Waals surface area contributed by atoms with Crippen LogP contribution in [0.2, 0.25) is 0 Å². The molecule has 0 spiro atoms. The van der Waals surface area contributed by atoms with Crippen molar-refractivity contribution in [1.29, 1.82) is 0 Å². The lowest BCUT2D eigenvalue weighted by Gasteiger charge is -2.29. The summed E-state index contributed by atoms with van der Waals surface area (Å²) in [6.45, 7) is 3.01. The van der Waals surface area contributed by atoms with Crippen LogP contribution in [0.1, 0.15) is 44.6 Å². The van der Waals surface area contributed by atoms with Gasteiger partial charge in [-0.3, -0.25) is 0 Å². The second-order valence-corrected chi connectivity index (χ2v) is 6.76. The van der Waals surface area contributed by atoms with Gasteiger partial charge in [-0.25, -0.2) is 0 Å². The Morgan fingerprint density at radius 3 is 2.67 bits per heavy atom. The van der Waals surface area contributed by atoms with E-state index >= 15 is 0 Å². The first kappa shape index (κ1) is 18.8. The van der Waals surface area contributed by atoms with Crippen molar-refractivity contribution in [2.24, 2.45) is 0 Å². The van der Waals surface area contributed by atoms with E-state index in [9.17, 15) is 5.11 Å². The number of ether oxygens (including phenoxy) is 2. The van der Waals surface area contributed by atoms with Crippen LogP contribution in [0.4, 0.5) is 0 Å². The molecular weight excluding hydrogens is 302 g/mol. The number of nitrogens with one attached hydrogen (secondary N) is 1. The molecule has 1 saturated carbocycles. The molecule has 1 aliphatic rings. The highest BCUT2D eigenvalue weighted by Crippen LogP contribution is 2.28. The summed E-state index contributed by atoms with van der Waals surface area (Å²) in [6, 6.07) is 6.52. The first-order chi connectivity index (χ1) is 11.6. The van der Waals surface area contributed by atoms with Crippen molar-refractivity contribution in [3.63, 3.8) is 0 Å². The molecule has 0 aliphatic heterocycles. The molecule has 0 saturated heterocycles. The van der Waals surface area contributed by atoms with Gasteiger partial charge in [0.15, 0.2) is 11.5 Å². The molecule has 1 fully saturated rings. The molecule has 1 aliphatic carbocycles. The molecule has 0 bridgehead atoms. The number of aliphatic hydroxyl groups is 1. The highest BCUT2D eigenvalue weighted by molar-refractivity contribution is 5.55. The predicted octanol–water partition coefficient (Wildman–Crippen LogP) is 2.32. The van der Waals surface area contributed by atoms with E-state index in [1.54, 1.807) is 7.11 Å². The van der Waals surface area contributed by atoms with Crippen LogP contribution in [0.5, 0.6) is 11.5 Å². The second-order valence-electron chi connectivity index (χ2n) is 6.76. The van der Waals surface area contributed by atoms with Gasteiger partial charge in [0.1, 0.15) is 19.3 Å². The largest absolute Gasteiger partial charge is 0.493 e. The van der Waals surface area contributed by atoms with E-state index in [-0.39, 0.29) is 0 Å². The van der Waals surface area contributed by atoms with Crippen LogP contribution in [-0.2, 0) is 0 Å². The highest BCUT2D eigenvalue weighted by Gasteiger charge is 2.23. The van der Waals surface area contributed by atoms with Gasteiger partial charge < -0.3 is 19.5 Å². The Kier molecular flexibility index (Phi) is 7.60. The van der Waals surface area contributed by atoms with Crippen LogP contribution in [0.15, 0.2) is 24.3 Å². The van der Waals surface area contributed by atoms with Crippen molar-refractivity contribution in [2.75, 3.05) is 27.3 Å². The average molecular weight is 334 g/mol. The van der Waals surface area contributed by atoms with Crippen LogP contribution in [-0.4, -0.2) is 44.6 Å². The van der Waals surface area contributed by atoms with Gasteiger partial charge in [0.25, 0.3) is 0 Å². The van der Waals surface area contributed by atoms with Crippen molar-refractivity contribution in [2.45, 2.75) is 51.2 Å². The van der Waals surface area contributed by atoms with Gasteiger partial charge in [-0.05, 0) is 50.3 Å². The first-order valence-electron chi connectivity index (χ1n) is 9.08. The highest BCUT2D eigenvalue weighted by atomic mass is 16.5. The van der Waals surface area contributed by atoms with E-state index in [0.29, 0.717) is 24.1 Å². The molecule has 2 atom stereocenters. The summed E-state index contributed by atoms with van der Waals surface area (Å²) >= 11 is 0. The van der Waals surface area contributed by atoms with Gasteiger partial charge in [-0.2, -0.15) is 0 Å². The Morgan fingerprint density at radius 2 is 2.00 bits per heavy atom. The fourth-order valence-corrected chi connectivity index (χ4v) is 3.48. The lowest BCUT2D eigenvalue weighted by Crippen LogP contribution is -3.14. The van der Waals surface area contributed by atoms with Gasteiger partial charge in [0, 0.05) is 0 Å². The molecule has 1 aromatic rings. The number of benzene rings is 1. The van der Waals surface area contributed by atoms with Gasteiger partial charge in [0.05, 0.1) is 20.2 Å². The Bertz CT molecular complexity index is 524. The van der Waals surface area contributed by atoms with E-state index in [0.717, 1.165) is 12.1 Å². The standard InChI is InChI=1S/C20H31NO3/c1-4-8-16-11-12-19(20(13-16)23-3)24-15-18(22)14-21(2)17-9-6-5-7-10-17/h4,8,11-13,17-18,22H,5-7,9-10,14-15H2,1-3H3/p+1/b8-4+/t18-/m0/s1. The SMILES string of the molecule is C/C=C/c1ccc(OC[C@@H](O)C[NH+](C)C2CCCCC2)c(OC)c1. The van der Waals surface area contributed by atoms with Crippen LogP contribution in [0.25, 0.3) is 6.08 Å². The summed E-state index contributed by atoms with van der Waals surface area (Å²) in [6.07, 6.45) is 10.1. The number of hydrogen-bond donors (Lipinski definition) is 2. The van der Waals surface area contributed by atoms with Crippen LogP contribution < -0.4 is 14.4 Å². The number of hydrogen-bond acceptors (Lipinski definition) is 3. The Hall–Kier alpha value is -1.52. The average Bonchev–Trinajstić information content (AvgIpc) is 2.61. The molecule has 0 radical (unpaired) electrons. The van der Waals surface area contributed by atoms with Crippen LogP contribution in [0.3, 0.4) is 0 Å². The molecule has 134 valence electrons. The third kappa shape index (κ3) is 5.53. The lowest BCUT2D eigenvalue weighted by atomic mass is 9.94. The molecule has 0 aromatic heterocycles. The van der Waals surface area contributed by atoms with Crippen LogP contribution in [0, 0.1) is 0 Å². The molecular formula is C20H32NO3+. The van der Waals surface area contributed by atoms with Gasteiger partial charge in [0.2, 0.25) is 0 Å². The van der Waals surface area contributed by atoms with Crippen molar-refractivity contribution >= 4 is 6.08 Å². The van der Waals surface area contributed by atoms with E-state index in [4.69, 9.17) is 9.47 Å². The molecule has 2 rings (SSSR count). The number of rotatable bonds is 8. The lowest BCUT2D eigenvalue weighted by molar-refractivity contribution is -0.910. The number of quaternary nitrogens is 1. The van der Waals surface area contributed by atoms with Crippen molar-refractivity contribution < 1.29 is 19.5 Å². The maximum absolute atomic E-state index is 10.3. The first-order valence-corrected chi connectivity index (χ1v) is 9.08. The summed E-state index contributed by atoms with van der Waals surface area (Å²) in [5, 5.41) is 10.3.